The summed E-state index contributed by atoms with van der Waals surface area (Å²) in [5.41, 5.74) is 1.09. The summed E-state index contributed by atoms with van der Waals surface area (Å²) >= 11 is 0. The summed E-state index contributed by atoms with van der Waals surface area (Å²) in [5.74, 6) is -1.21. The van der Waals surface area contributed by atoms with E-state index in [-0.39, 0.29) is 18.5 Å². The van der Waals surface area contributed by atoms with Crippen molar-refractivity contribution in [2.24, 2.45) is 0 Å². The van der Waals surface area contributed by atoms with Crippen LogP contribution in [0.2, 0.25) is 0 Å². The monoisotopic (exact) mass is 491 g/mol. The van der Waals surface area contributed by atoms with Crippen molar-refractivity contribution in [3.05, 3.63) is 59.1 Å². The molecule has 2 N–H and O–H groups in total. The van der Waals surface area contributed by atoms with E-state index in [0.717, 1.165) is 17.8 Å². The molecule has 1 saturated heterocycles. The van der Waals surface area contributed by atoms with Gasteiger partial charge in [-0.25, -0.2) is 4.98 Å². The molecule has 3 rings (SSSR count). The zero-order chi connectivity index (χ0) is 25.8. The van der Waals surface area contributed by atoms with Crippen LogP contribution in [0, 0.1) is 0 Å². The number of rotatable bonds is 2. The van der Waals surface area contributed by atoms with Gasteiger partial charge in [-0.3, -0.25) is 14.4 Å². The molecular formula is C24H28F3N5O3. The number of alkyl halides is 3. The minimum atomic E-state index is -4.46. The van der Waals surface area contributed by atoms with Gasteiger partial charge in [-0.2, -0.15) is 13.2 Å². The first-order valence-corrected chi connectivity index (χ1v) is 11.2. The largest absolute Gasteiger partial charge is 0.417 e. The van der Waals surface area contributed by atoms with Crippen molar-refractivity contribution in [3.63, 3.8) is 0 Å². The van der Waals surface area contributed by atoms with Crippen LogP contribution >= 0.6 is 0 Å². The zero-order valence-corrected chi connectivity index (χ0v) is 19.8. The molecule has 0 aliphatic carbocycles. The van der Waals surface area contributed by atoms with Crippen LogP contribution in [0.5, 0.6) is 0 Å². The Labute approximate surface area is 201 Å². The van der Waals surface area contributed by atoms with Gasteiger partial charge in [0.05, 0.1) is 5.56 Å². The van der Waals surface area contributed by atoms with E-state index in [0.29, 0.717) is 43.1 Å². The van der Waals surface area contributed by atoms with E-state index < -0.39 is 23.6 Å². The lowest BCUT2D eigenvalue weighted by Gasteiger charge is -2.40. The molecule has 1 atom stereocenters. The molecule has 1 aromatic rings. The number of hydrogen-bond acceptors (Lipinski definition) is 5. The van der Waals surface area contributed by atoms with Gasteiger partial charge in [-0.1, -0.05) is 5.57 Å². The van der Waals surface area contributed by atoms with Crippen LogP contribution in [0.15, 0.2) is 53.5 Å². The number of halogens is 3. The summed E-state index contributed by atoms with van der Waals surface area (Å²) in [6.45, 7) is 6.19. The minimum absolute atomic E-state index is 0.0952. The molecule has 2 aliphatic rings. The highest BCUT2D eigenvalue weighted by Gasteiger charge is 2.33. The molecule has 0 aromatic carbocycles. The fraction of sp³-hybridized carbons (Fsp3) is 0.417. The lowest BCUT2D eigenvalue weighted by molar-refractivity contribution is -0.147. The Hall–Kier alpha value is -3.63. The standard InChI is InChI=1S/C24H28F3N5O3/c1-15-4-9-21(33)29-16(2)5-7-19(12-15)30-22(34)23(35)32-11-10-31(14-17(32)3)20-8-6-18(13-28-20)24(25,26)27/h5-8,12-13,17H,4,9-11,14H2,1-3H3,(H,29,33)(H,30,34)/b15-12+,16-5+,19-7+. The first-order chi connectivity index (χ1) is 16.4. The number of carbonyl (C=O) groups is 3. The van der Waals surface area contributed by atoms with Gasteiger partial charge in [0, 0.05) is 49.7 Å². The van der Waals surface area contributed by atoms with Gasteiger partial charge in [0.15, 0.2) is 0 Å². The van der Waals surface area contributed by atoms with E-state index in [4.69, 9.17) is 0 Å². The van der Waals surface area contributed by atoms with Crippen molar-refractivity contribution < 1.29 is 27.6 Å². The number of nitrogens with zero attached hydrogens (tertiary/aromatic N) is 3. The van der Waals surface area contributed by atoms with Gasteiger partial charge < -0.3 is 20.4 Å². The molecule has 3 amide bonds. The molecule has 0 radical (unpaired) electrons. The Morgan fingerprint density at radius 1 is 1.14 bits per heavy atom. The number of nitrogens with one attached hydrogen (secondary N) is 2. The van der Waals surface area contributed by atoms with Crippen LogP contribution in [0.1, 0.15) is 39.2 Å². The number of amides is 3. The van der Waals surface area contributed by atoms with E-state index in [1.54, 1.807) is 37.0 Å². The third-order valence-electron chi connectivity index (χ3n) is 5.74. The van der Waals surface area contributed by atoms with Gasteiger partial charge in [-0.05, 0) is 57.6 Å². The van der Waals surface area contributed by atoms with Crippen LogP contribution in [0.3, 0.4) is 0 Å². The van der Waals surface area contributed by atoms with Crippen molar-refractivity contribution >= 4 is 23.5 Å². The minimum Gasteiger partial charge on any atom is -0.353 e. The molecule has 3 heterocycles. The van der Waals surface area contributed by atoms with Crippen LogP contribution in [-0.2, 0) is 20.6 Å². The molecule has 8 nitrogen and oxygen atoms in total. The average molecular weight is 492 g/mol. The van der Waals surface area contributed by atoms with Gasteiger partial charge in [-0.15, -0.1) is 0 Å². The molecule has 35 heavy (non-hydrogen) atoms. The van der Waals surface area contributed by atoms with E-state index in [1.165, 1.54) is 11.0 Å². The predicted octanol–water partition coefficient (Wildman–Crippen LogP) is 2.90. The second kappa shape index (κ2) is 10.7. The molecule has 2 aliphatic heterocycles. The highest BCUT2D eigenvalue weighted by atomic mass is 19.4. The Balaban J connectivity index is 1.65. The second-order valence-electron chi connectivity index (χ2n) is 8.66. The van der Waals surface area contributed by atoms with Crippen molar-refractivity contribution in [1.29, 1.82) is 0 Å². The zero-order valence-electron chi connectivity index (χ0n) is 19.8. The highest BCUT2D eigenvalue weighted by Crippen LogP contribution is 2.29. The molecule has 0 saturated carbocycles. The summed E-state index contributed by atoms with van der Waals surface area (Å²) in [5, 5.41) is 5.39. The van der Waals surface area contributed by atoms with E-state index in [2.05, 4.69) is 15.6 Å². The van der Waals surface area contributed by atoms with Crippen LogP contribution in [0.4, 0.5) is 19.0 Å². The van der Waals surface area contributed by atoms with E-state index in [1.807, 2.05) is 6.92 Å². The molecule has 0 bridgehead atoms. The second-order valence-corrected chi connectivity index (χ2v) is 8.66. The third kappa shape index (κ3) is 6.93. The van der Waals surface area contributed by atoms with Crippen molar-refractivity contribution in [1.82, 2.24) is 20.5 Å². The Morgan fingerprint density at radius 2 is 1.89 bits per heavy atom. The van der Waals surface area contributed by atoms with Gasteiger partial charge in [0.25, 0.3) is 0 Å². The summed E-state index contributed by atoms with van der Waals surface area (Å²) in [6, 6.07) is 1.92. The number of carbonyl (C=O) groups excluding carboxylic acids is 3. The smallest absolute Gasteiger partial charge is 0.353 e. The molecular weight excluding hydrogens is 463 g/mol. The summed E-state index contributed by atoms with van der Waals surface area (Å²) in [7, 11) is 0. The number of allylic oxidation sites excluding steroid dienone is 5. The van der Waals surface area contributed by atoms with Gasteiger partial charge >= 0.3 is 18.0 Å². The fourth-order valence-corrected chi connectivity index (χ4v) is 3.84. The Kier molecular flexibility index (Phi) is 7.98. The predicted molar refractivity (Wildman–Crippen MR) is 124 cm³/mol. The first-order valence-electron chi connectivity index (χ1n) is 11.2. The molecule has 0 spiro atoms. The van der Waals surface area contributed by atoms with E-state index in [9.17, 15) is 27.6 Å². The molecule has 188 valence electrons. The topological polar surface area (TPSA) is 94.6 Å². The normalized spacial score (nSPS) is 24.2. The number of piperazine rings is 1. The van der Waals surface area contributed by atoms with Crippen molar-refractivity contribution in [2.45, 2.75) is 45.8 Å². The van der Waals surface area contributed by atoms with Crippen molar-refractivity contribution in [2.75, 3.05) is 24.5 Å². The SMILES string of the molecule is C\C1=C/C(NC(=O)C(=O)N2CCN(c3ccc(C(F)(F)F)cn3)CC2C)=C\C=C(/C)NC(=O)CC1. The number of aromatic nitrogens is 1. The van der Waals surface area contributed by atoms with E-state index >= 15 is 0 Å². The summed E-state index contributed by atoms with van der Waals surface area (Å²) in [4.78, 5) is 44.6. The van der Waals surface area contributed by atoms with Gasteiger partial charge in [0.1, 0.15) is 5.82 Å². The average Bonchev–Trinajstić information content (AvgIpc) is 2.80. The first kappa shape index (κ1) is 26.0. The number of anilines is 1. The molecule has 1 fully saturated rings. The maximum Gasteiger partial charge on any atom is 0.417 e. The van der Waals surface area contributed by atoms with Crippen LogP contribution < -0.4 is 15.5 Å². The summed E-state index contributed by atoms with van der Waals surface area (Å²) in [6.07, 6.45) is 2.14. The van der Waals surface area contributed by atoms with Crippen LogP contribution in [0.25, 0.3) is 0 Å². The van der Waals surface area contributed by atoms with Crippen molar-refractivity contribution in [3.8, 4) is 0 Å². The number of pyridine rings is 1. The quantitative estimate of drug-likeness (QED) is 0.621. The van der Waals surface area contributed by atoms with Gasteiger partial charge in [0.2, 0.25) is 5.91 Å². The molecule has 1 aromatic heterocycles. The Morgan fingerprint density at radius 3 is 2.51 bits per heavy atom. The molecule has 11 heteroatoms. The lowest BCUT2D eigenvalue weighted by atomic mass is 10.1. The Bertz CT molecular complexity index is 1080. The third-order valence-corrected chi connectivity index (χ3v) is 5.74. The highest BCUT2D eigenvalue weighted by molar-refractivity contribution is 6.35. The lowest BCUT2D eigenvalue weighted by Crippen LogP contribution is -2.57. The number of hydrogen-bond donors (Lipinski definition) is 2. The maximum atomic E-state index is 12.9. The fourth-order valence-electron chi connectivity index (χ4n) is 3.84. The van der Waals surface area contributed by atoms with Crippen LogP contribution in [-0.4, -0.2) is 53.3 Å². The summed E-state index contributed by atoms with van der Waals surface area (Å²) < 4.78 is 38.3. The molecule has 1 unspecified atom stereocenters. The maximum absolute atomic E-state index is 12.9.